The molecule has 1 atom stereocenters. The zero-order chi connectivity index (χ0) is 15.6. The van der Waals surface area contributed by atoms with Crippen molar-refractivity contribution < 1.29 is 13.2 Å². The van der Waals surface area contributed by atoms with Gasteiger partial charge in [-0.05, 0) is 44.5 Å². The van der Waals surface area contributed by atoms with E-state index in [0.29, 0.717) is 11.1 Å². The Balaban J connectivity index is 0.00000242. The van der Waals surface area contributed by atoms with Gasteiger partial charge in [-0.1, -0.05) is 6.07 Å². The summed E-state index contributed by atoms with van der Waals surface area (Å²) >= 11 is 0. The predicted molar refractivity (Wildman–Crippen MR) is 89.5 cm³/mol. The summed E-state index contributed by atoms with van der Waals surface area (Å²) in [6.07, 6.45) is 3.14. The number of sulfone groups is 1. The van der Waals surface area contributed by atoms with Crippen LogP contribution in [-0.4, -0.2) is 51.7 Å². The number of hydrogen-bond acceptors (Lipinski definition) is 4. The van der Waals surface area contributed by atoms with Crippen molar-refractivity contribution in [2.45, 2.75) is 30.7 Å². The number of amides is 1. The highest BCUT2D eigenvalue weighted by atomic mass is 35.5. The third-order valence-corrected chi connectivity index (χ3v) is 5.15. The van der Waals surface area contributed by atoms with Gasteiger partial charge in [-0.2, -0.15) is 0 Å². The van der Waals surface area contributed by atoms with E-state index in [9.17, 15) is 13.2 Å². The van der Waals surface area contributed by atoms with Crippen LogP contribution in [0.25, 0.3) is 0 Å². The number of nitrogens with zero attached hydrogens (tertiary/aromatic N) is 1. The van der Waals surface area contributed by atoms with Gasteiger partial charge in [0.1, 0.15) is 0 Å². The van der Waals surface area contributed by atoms with Gasteiger partial charge in [0.25, 0.3) is 5.91 Å². The molecule has 1 fully saturated rings. The van der Waals surface area contributed by atoms with Gasteiger partial charge in [-0.3, -0.25) is 4.79 Å². The Morgan fingerprint density at radius 1 is 1.41 bits per heavy atom. The first-order valence-corrected chi connectivity index (χ1v) is 9.00. The molecule has 7 heteroatoms. The fourth-order valence-electron chi connectivity index (χ4n) is 2.85. The summed E-state index contributed by atoms with van der Waals surface area (Å²) in [5, 5.41) is 3.10. The Morgan fingerprint density at radius 2 is 2.09 bits per heavy atom. The minimum atomic E-state index is -3.32. The molecule has 1 amide bonds. The quantitative estimate of drug-likeness (QED) is 0.900. The second-order valence-electron chi connectivity index (χ2n) is 5.60. The fraction of sp³-hybridized carbons (Fsp3) is 0.533. The van der Waals surface area contributed by atoms with Crippen molar-refractivity contribution in [3.05, 3.63) is 29.3 Å². The lowest BCUT2D eigenvalue weighted by Gasteiger charge is -2.25. The first-order chi connectivity index (χ1) is 9.84. The van der Waals surface area contributed by atoms with Gasteiger partial charge in [-0.15, -0.1) is 12.4 Å². The van der Waals surface area contributed by atoms with E-state index in [2.05, 4.69) is 5.32 Å². The highest BCUT2D eigenvalue weighted by Gasteiger charge is 2.29. The first kappa shape index (κ1) is 18.9. The maximum absolute atomic E-state index is 12.6. The van der Waals surface area contributed by atoms with Crippen LogP contribution >= 0.6 is 12.4 Å². The SMILES string of the molecule is CNCC1CCCN1C(=O)c1ccc(C)c(S(C)(=O)=O)c1.Cl. The van der Waals surface area contributed by atoms with Gasteiger partial charge in [-0.25, -0.2) is 8.42 Å². The molecule has 0 radical (unpaired) electrons. The molecule has 0 aromatic heterocycles. The lowest BCUT2D eigenvalue weighted by molar-refractivity contribution is 0.0737. The number of benzene rings is 1. The molecule has 0 aliphatic carbocycles. The molecule has 1 aromatic carbocycles. The van der Waals surface area contributed by atoms with E-state index >= 15 is 0 Å². The molecule has 5 nitrogen and oxygen atoms in total. The van der Waals surface area contributed by atoms with Crippen LogP contribution in [0.1, 0.15) is 28.8 Å². The highest BCUT2D eigenvalue weighted by molar-refractivity contribution is 7.90. The molecular weight excluding hydrogens is 324 g/mol. The van der Waals surface area contributed by atoms with E-state index in [1.165, 1.54) is 12.3 Å². The molecule has 1 aromatic rings. The average molecular weight is 347 g/mol. The smallest absolute Gasteiger partial charge is 0.254 e. The molecule has 1 aliphatic heterocycles. The van der Waals surface area contributed by atoms with Gasteiger partial charge in [0, 0.05) is 31.0 Å². The maximum Gasteiger partial charge on any atom is 0.254 e. The topological polar surface area (TPSA) is 66.5 Å². The second kappa shape index (κ2) is 7.44. The molecule has 0 saturated carbocycles. The number of aryl methyl sites for hydroxylation is 1. The van der Waals surface area contributed by atoms with E-state index in [4.69, 9.17) is 0 Å². The van der Waals surface area contributed by atoms with Gasteiger partial charge in [0.05, 0.1) is 4.90 Å². The van der Waals surface area contributed by atoms with E-state index in [-0.39, 0.29) is 29.3 Å². The van der Waals surface area contributed by atoms with Crippen molar-refractivity contribution in [2.24, 2.45) is 0 Å². The van der Waals surface area contributed by atoms with Crippen LogP contribution in [0, 0.1) is 6.92 Å². The Hall–Kier alpha value is -1.11. The van der Waals surface area contributed by atoms with Crippen molar-refractivity contribution in [2.75, 3.05) is 26.4 Å². The second-order valence-corrected chi connectivity index (χ2v) is 7.59. The van der Waals surface area contributed by atoms with Gasteiger partial charge in [0.2, 0.25) is 0 Å². The molecule has 22 heavy (non-hydrogen) atoms. The number of rotatable bonds is 4. The number of likely N-dealkylation sites (N-methyl/N-ethyl adjacent to an activating group) is 1. The number of carbonyl (C=O) groups excluding carboxylic acids is 1. The summed E-state index contributed by atoms with van der Waals surface area (Å²) in [4.78, 5) is 14.7. The Bertz CT molecular complexity index is 646. The standard InChI is InChI=1S/C15H22N2O3S.ClH/c1-11-6-7-12(9-14(11)21(3,19)20)15(18)17-8-4-5-13(17)10-16-2;/h6-7,9,13,16H,4-5,8,10H2,1-3H3;1H. The molecular formula is C15H23ClN2O3S. The Kier molecular flexibility index (Phi) is 6.40. The number of halogens is 1. The minimum absolute atomic E-state index is 0. The number of likely N-dealkylation sites (tertiary alicyclic amines) is 1. The first-order valence-electron chi connectivity index (χ1n) is 7.11. The summed E-state index contributed by atoms with van der Waals surface area (Å²) in [5.41, 5.74) is 1.12. The van der Waals surface area contributed by atoms with Gasteiger partial charge in [0.15, 0.2) is 9.84 Å². The molecule has 1 heterocycles. The van der Waals surface area contributed by atoms with Crippen molar-refractivity contribution >= 4 is 28.2 Å². The third-order valence-electron chi connectivity index (χ3n) is 3.91. The van der Waals surface area contributed by atoms with Crippen LogP contribution in [0.3, 0.4) is 0 Å². The lowest BCUT2D eigenvalue weighted by Crippen LogP contribution is -2.40. The number of carbonyl (C=O) groups is 1. The van der Waals surface area contributed by atoms with Crippen LogP contribution < -0.4 is 5.32 Å². The van der Waals surface area contributed by atoms with E-state index < -0.39 is 9.84 Å². The molecule has 2 rings (SSSR count). The maximum atomic E-state index is 12.6. The van der Waals surface area contributed by atoms with Crippen molar-refractivity contribution in [3.63, 3.8) is 0 Å². The molecule has 1 unspecified atom stereocenters. The summed E-state index contributed by atoms with van der Waals surface area (Å²) in [6.45, 7) is 3.23. The largest absolute Gasteiger partial charge is 0.334 e. The molecule has 1 saturated heterocycles. The van der Waals surface area contributed by atoms with Crippen LogP contribution in [0.4, 0.5) is 0 Å². The Morgan fingerprint density at radius 3 is 2.68 bits per heavy atom. The normalized spacial score (nSPS) is 18.1. The zero-order valence-corrected chi connectivity index (χ0v) is 14.8. The number of hydrogen-bond donors (Lipinski definition) is 1. The summed E-state index contributed by atoms with van der Waals surface area (Å²) in [6, 6.07) is 5.10. The van der Waals surface area contributed by atoms with Crippen LogP contribution in [0.2, 0.25) is 0 Å². The van der Waals surface area contributed by atoms with Crippen molar-refractivity contribution in [3.8, 4) is 0 Å². The van der Waals surface area contributed by atoms with E-state index in [1.807, 2.05) is 11.9 Å². The molecule has 1 aliphatic rings. The van der Waals surface area contributed by atoms with Crippen LogP contribution in [0.15, 0.2) is 23.1 Å². The molecule has 124 valence electrons. The summed E-state index contributed by atoms with van der Waals surface area (Å²) < 4.78 is 23.6. The predicted octanol–water partition coefficient (Wildman–Crippen LogP) is 1.64. The van der Waals surface area contributed by atoms with E-state index in [0.717, 1.165) is 25.9 Å². The lowest BCUT2D eigenvalue weighted by atomic mass is 10.1. The summed E-state index contributed by atoms with van der Waals surface area (Å²) in [5.74, 6) is -0.0855. The van der Waals surface area contributed by atoms with Crippen LogP contribution in [-0.2, 0) is 9.84 Å². The van der Waals surface area contributed by atoms with Gasteiger partial charge < -0.3 is 10.2 Å². The van der Waals surface area contributed by atoms with E-state index in [1.54, 1.807) is 19.1 Å². The van der Waals surface area contributed by atoms with Crippen molar-refractivity contribution in [1.29, 1.82) is 0 Å². The number of nitrogens with one attached hydrogen (secondary N) is 1. The molecule has 0 bridgehead atoms. The van der Waals surface area contributed by atoms with Gasteiger partial charge >= 0.3 is 0 Å². The zero-order valence-electron chi connectivity index (χ0n) is 13.1. The Labute approximate surface area is 138 Å². The average Bonchev–Trinajstić information content (AvgIpc) is 2.86. The molecule has 1 N–H and O–H groups in total. The summed E-state index contributed by atoms with van der Waals surface area (Å²) in [7, 11) is -1.45. The van der Waals surface area contributed by atoms with Crippen LogP contribution in [0.5, 0.6) is 0 Å². The fourth-order valence-corrected chi connectivity index (χ4v) is 3.84. The molecule has 0 spiro atoms. The highest BCUT2D eigenvalue weighted by Crippen LogP contribution is 2.22. The monoisotopic (exact) mass is 346 g/mol. The third kappa shape index (κ3) is 4.00. The minimum Gasteiger partial charge on any atom is -0.334 e. The van der Waals surface area contributed by atoms with Crippen molar-refractivity contribution in [1.82, 2.24) is 10.2 Å².